The van der Waals surface area contributed by atoms with Gasteiger partial charge in [0.2, 0.25) is 5.91 Å². The normalized spacial score (nSPS) is 15.9. The lowest BCUT2D eigenvalue weighted by Crippen LogP contribution is -2.25. The summed E-state index contributed by atoms with van der Waals surface area (Å²) in [5.74, 6) is 1.20. The van der Waals surface area contributed by atoms with Crippen molar-refractivity contribution in [2.24, 2.45) is 0 Å². The number of rotatable bonds is 4. The molecule has 5 nitrogen and oxygen atoms in total. The van der Waals surface area contributed by atoms with Crippen LogP contribution in [0.4, 0.5) is 17.3 Å². The smallest absolute Gasteiger partial charge is 0.230 e. The number of aromatic nitrogens is 2. The van der Waals surface area contributed by atoms with Crippen molar-refractivity contribution in [3.8, 4) is 0 Å². The van der Waals surface area contributed by atoms with Gasteiger partial charge in [0.1, 0.15) is 0 Å². The lowest BCUT2D eigenvalue weighted by atomic mass is 10.1. The number of hydrogen-bond acceptors (Lipinski definition) is 5. The van der Waals surface area contributed by atoms with Gasteiger partial charge in [0.15, 0.2) is 11.6 Å². The number of para-hydroxylation sites is 1. The second kappa shape index (κ2) is 6.64. The van der Waals surface area contributed by atoms with E-state index in [0.717, 1.165) is 17.1 Å². The fraction of sp³-hybridized carbons (Fsp3) is 0.211. The van der Waals surface area contributed by atoms with Gasteiger partial charge in [-0.2, -0.15) is 0 Å². The predicted molar refractivity (Wildman–Crippen MR) is 100 cm³/mol. The Labute approximate surface area is 150 Å². The molecule has 0 saturated carbocycles. The summed E-state index contributed by atoms with van der Waals surface area (Å²) in [6.07, 6.45) is 1.36. The van der Waals surface area contributed by atoms with Crippen molar-refractivity contribution < 1.29 is 4.79 Å². The molecule has 0 radical (unpaired) electrons. The van der Waals surface area contributed by atoms with E-state index in [1.165, 1.54) is 11.3 Å². The molecule has 3 heterocycles. The first-order chi connectivity index (χ1) is 12.2. The number of nitrogens with zero attached hydrogens (tertiary/aromatic N) is 3. The Morgan fingerprint density at radius 1 is 1.20 bits per heavy atom. The topological polar surface area (TPSA) is 58.1 Å². The second-order valence-corrected chi connectivity index (χ2v) is 7.17. The first kappa shape index (κ1) is 15.8. The fourth-order valence-corrected chi connectivity index (χ4v) is 3.90. The molecule has 0 fully saturated rings. The van der Waals surface area contributed by atoms with Gasteiger partial charge in [-0.1, -0.05) is 24.3 Å². The van der Waals surface area contributed by atoms with E-state index in [1.54, 1.807) is 11.3 Å². The third-order valence-corrected chi connectivity index (χ3v) is 5.16. The van der Waals surface area contributed by atoms with Crippen molar-refractivity contribution in [3.05, 3.63) is 64.4 Å². The number of thiophene rings is 1. The largest absolute Gasteiger partial charge is 0.321 e. The van der Waals surface area contributed by atoms with E-state index in [0.29, 0.717) is 18.3 Å². The van der Waals surface area contributed by atoms with Crippen LogP contribution in [0.1, 0.15) is 17.4 Å². The monoisotopic (exact) mass is 350 g/mol. The number of benzene rings is 1. The van der Waals surface area contributed by atoms with Gasteiger partial charge in [-0.3, -0.25) is 4.79 Å². The highest BCUT2D eigenvalue weighted by Crippen LogP contribution is 2.36. The Bertz CT molecular complexity index is 877. The standard InChI is InChI=1S/C19H18N4OS/c1-13-11-14-5-2-3-7-16(14)23(13)18-9-8-17(21-22-18)20-19(24)12-15-6-4-10-25-15/h2-10,13H,11-12H2,1H3,(H,20,21,24). The summed E-state index contributed by atoms with van der Waals surface area (Å²) in [6.45, 7) is 2.18. The van der Waals surface area contributed by atoms with Crippen LogP contribution in [0.2, 0.25) is 0 Å². The molecule has 6 heteroatoms. The van der Waals surface area contributed by atoms with Gasteiger partial charge < -0.3 is 10.2 Å². The highest BCUT2D eigenvalue weighted by molar-refractivity contribution is 7.10. The maximum Gasteiger partial charge on any atom is 0.230 e. The molecular formula is C19H18N4OS. The maximum absolute atomic E-state index is 12.1. The number of anilines is 3. The molecule has 4 rings (SSSR count). The third-order valence-electron chi connectivity index (χ3n) is 4.29. The summed E-state index contributed by atoms with van der Waals surface area (Å²) in [6, 6.07) is 16.3. The molecule has 1 N–H and O–H groups in total. The van der Waals surface area contributed by atoms with Crippen LogP contribution in [0.5, 0.6) is 0 Å². The minimum atomic E-state index is -0.0793. The lowest BCUT2D eigenvalue weighted by Gasteiger charge is -2.23. The minimum absolute atomic E-state index is 0.0793. The Kier molecular flexibility index (Phi) is 4.19. The zero-order chi connectivity index (χ0) is 17.2. The van der Waals surface area contributed by atoms with Crippen LogP contribution in [0.3, 0.4) is 0 Å². The number of carbonyl (C=O) groups excluding carboxylic acids is 1. The molecule has 0 bridgehead atoms. The fourth-order valence-electron chi connectivity index (χ4n) is 3.19. The molecular weight excluding hydrogens is 332 g/mol. The van der Waals surface area contributed by atoms with E-state index in [-0.39, 0.29) is 5.91 Å². The van der Waals surface area contributed by atoms with Crippen molar-refractivity contribution in [1.82, 2.24) is 10.2 Å². The van der Waals surface area contributed by atoms with Crippen LogP contribution in [-0.4, -0.2) is 22.1 Å². The molecule has 25 heavy (non-hydrogen) atoms. The van der Waals surface area contributed by atoms with E-state index in [9.17, 15) is 4.79 Å². The van der Waals surface area contributed by atoms with Gasteiger partial charge in [0.25, 0.3) is 0 Å². The first-order valence-corrected chi connectivity index (χ1v) is 9.12. The Morgan fingerprint density at radius 2 is 2.08 bits per heavy atom. The van der Waals surface area contributed by atoms with Crippen molar-refractivity contribution in [1.29, 1.82) is 0 Å². The van der Waals surface area contributed by atoms with Crippen LogP contribution in [-0.2, 0) is 17.6 Å². The highest BCUT2D eigenvalue weighted by atomic mass is 32.1. The number of fused-ring (bicyclic) bond motifs is 1. The third kappa shape index (κ3) is 3.25. The molecule has 1 amide bonds. The molecule has 0 aliphatic carbocycles. The van der Waals surface area contributed by atoms with Crippen LogP contribution in [0.25, 0.3) is 0 Å². The molecule has 1 aliphatic rings. The lowest BCUT2D eigenvalue weighted by molar-refractivity contribution is -0.115. The molecule has 0 spiro atoms. The minimum Gasteiger partial charge on any atom is -0.321 e. The van der Waals surface area contributed by atoms with Gasteiger partial charge in [-0.25, -0.2) is 0 Å². The molecule has 3 aromatic rings. The summed E-state index contributed by atoms with van der Waals surface area (Å²) in [4.78, 5) is 15.3. The summed E-state index contributed by atoms with van der Waals surface area (Å²) in [5, 5.41) is 13.3. The van der Waals surface area contributed by atoms with E-state index >= 15 is 0 Å². The molecule has 1 unspecified atom stereocenters. The van der Waals surface area contributed by atoms with Crippen LogP contribution in [0, 0.1) is 0 Å². The van der Waals surface area contributed by atoms with E-state index in [4.69, 9.17) is 0 Å². The number of carbonyl (C=O) groups is 1. The summed E-state index contributed by atoms with van der Waals surface area (Å²) < 4.78 is 0. The quantitative estimate of drug-likeness (QED) is 0.777. The van der Waals surface area contributed by atoms with Crippen molar-refractivity contribution in [2.75, 3.05) is 10.2 Å². The first-order valence-electron chi connectivity index (χ1n) is 8.24. The van der Waals surface area contributed by atoms with Gasteiger partial charge in [0.05, 0.1) is 6.42 Å². The zero-order valence-electron chi connectivity index (χ0n) is 13.8. The molecule has 2 aromatic heterocycles. The average molecular weight is 350 g/mol. The van der Waals surface area contributed by atoms with Crippen molar-refractivity contribution in [3.63, 3.8) is 0 Å². The van der Waals surface area contributed by atoms with Gasteiger partial charge in [-0.05, 0) is 48.6 Å². The van der Waals surface area contributed by atoms with Gasteiger partial charge in [-0.15, -0.1) is 21.5 Å². The van der Waals surface area contributed by atoms with Crippen molar-refractivity contribution >= 4 is 34.6 Å². The van der Waals surface area contributed by atoms with E-state index in [1.807, 2.05) is 35.7 Å². The molecule has 126 valence electrons. The van der Waals surface area contributed by atoms with Crippen LogP contribution < -0.4 is 10.2 Å². The number of amides is 1. The Balaban J connectivity index is 1.48. The molecule has 0 saturated heterocycles. The second-order valence-electron chi connectivity index (χ2n) is 6.13. The van der Waals surface area contributed by atoms with Crippen LogP contribution >= 0.6 is 11.3 Å². The average Bonchev–Trinajstić information content (AvgIpc) is 3.22. The maximum atomic E-state index is 12.1. The summed E-state index contributed by atoms with van der Waals surface area (Å²) >= 11 is 1.57. The number of nitrogens with one attached hydrogen (secondary N) is 1. The number of hydrogen-bond donors (Lipinski definition) is 1. The molecule has 1 aromatic carbocycles. The Morgan fingerprint density at radius 3 is 2.84 bits per heavy atom. The summed E-state index contributed by atoms with van der Waals surface area (Å²) in [7, 11) is 0. The molecule has 1 atom stereocenters. The van der Waals surface area contributed by atoms with E-state index < -0.39 is 0 Å². The SMILES string of the molecule is CC1Cc2ccccc2N1c1ccc(NC(=O)Cc2cccs2)nn1. The zero-order valence-corrected chi connectivity index (χ0v) is 14.7. The van der Waals surface area contributed by atoms with Gasteiger partial charge in [0, 0.05) is 16.6 Å². The summed E-state index contributed by atoms with van der Waals surface area (Å²) in [5.41, 5.74) is 2.50. The predicted octanol–water partition coefficient (Wildman–Crippen LogP) is 3.80. The highest BCUT2D eigenvalue weighted by Gasteiger charge is 2.27. The van der Waals surface area contributed by atoms with Crippen molar-refractivity contribution in [2.45, 2.75) is 25.8 Å². The van der Waals surface area contributed by atoms with Crippen LogP contribution in [0.15, 0.2) is 53.9 Å². The van der Waals surface area contributed by atoms with E-state index in [2.05, 4.69) is 45.5 Å². The Hall–Kier alpha value is -2.73. The van der Waals surface area contributed by atoms with Gasteiger partial charge >= 0.3 is 0 Å². The molecule has 1 aliphatic heterocycles.